The smallest absolute Gasteiger partial charge is 0.129 e. The zero-order valence-electron chi connectivity index (χ0n) is 10.5. The Morgan fingerprint density at radius 2 is 1.42 bits per heavy atom. The van der Waals surface area contributed by atoms with Crippen molar-refractivity contribution in [2.24, 2.45) is 0 Å². The minimum Gasteiger partial charge on any atom is -0.379 e. The molecule has 1 heterocycles. The van der Waals surface area contributed by atoms with Crippen LogP contribution in [-0.2, 0) is 16.4 Å². The Hall–Kier alpha value is -1.45. The summed E-state index contributed by atoms with van der Waals surface area (Å²) in [4.78, 5) is 0. The average molecular weight is 272 g/mol. The first-order valence-corrected chi connectivity index (χ1v) is 7.82. The molecule has 1 saturated heterocycles. The Balaban J connectivity index is 2.13. The van der Waals surface area contributed by atoms with Crippen LogP contribution in [0, 0.1) is 0 Å². The quantitative estimate of drug-likeness (QED) is 0.932. The van der Waals surface area contributed by atoms with Gasteiger partial charge < -0.3 is 5.11 Å². The highest BCUT2D eigenvalue weighted by Gasteiger charge is 2.47. The van der Waals surface area contributed by atoms with E-state index in [1.807, 2.05) is 60.7 Å². The molecule has 2 aromatic rings. The molecule has 1 aliphatic heterocycles. The van der Waals surface area contributed by atoms with Gasteiger partial charge in [0.05, 0.1) is 5.25 Å². The Labute approximate surface area is 115 Å². The van der Waals surface area contributed by atoms with Crippen molar-refractivity contribution in [2.45, 2.75) is 17.3 Å². The van der Waals surface area contributed by atoms with E-state index < -0.39 is 16.4 Å². The molecule has 0 spiro atoms. The third-order valence-corrected chi connectivity index (χ3v) is 5.64. The Bertz CT molecular complexity index is 541. The van der Waals surface area contributed by atoms with E-state index in [9.17, 15) is 9.32 Å². The summed E-state index contributed by atoms with van der Waals surface area (Å²) in [6.07, 6.45) is 0.799. The van der Waals surface area contributed by atoms with Gasteiger partial charge in [-0.3, -0.25) is 4.21 Å². The molecular weight excluding hydrogens is 256 g/mol. The predicted molar refractivity (Wildman–Crippen MR) is 77.3 cm³/mol. The number of rotatable bonds is 3. The highest BCUT2D eigenvalue weighted by Crippen LogP contribution is 2.40. The SMILES string of the molecule is O=S1CC[C@H]1C(O)(c1ccccc1)c1ccccc1. The van der Waals surface area contributed by atoms with Gasteiger partial charge in [-0.2, -0.15) is 0 Å². The molecule has 1 fully saturated rings. The van der Waals surface area contributed by atoms with Gasteiger partial charge in [-0.25, -0.2) is 0 Å². The Morgan fingerprint density at radius 3 is 1.74 bits per heavy atom. The van der Waals surface area contributed by atoms with Gasteiger partial charge >= 0.3 is 0 Å². The molecule has 0 aliphatic carbocycles. The molecule has 2 nitrogen and oxygen atoms in total. The summed E-state index contributed by atoms with van der Waals surface area (Å²) in [5.41, 5.74) is 0.490. The van der Waals surface area contributed by atoms with Crippen LogP contribution in [0.4, 0.5) is 0 Å². The number of hydrogen-bond donors (Lipinski definition) is 1. The average Bonchev–Trinajstić information content (AvgIpc) is 2.47. The fraction of sp³-hybridized carbons (Fsp3) is 0.250. The third kappa shape index (κ3) is 2.03. The zero-order chi connectivity index (χ0) is 13.3. The predicted octanol–water partition coefficient (Wildman–Crippen LogP) is 2.44. The van der Waals surface area contributed by atoms with E-state index in [1.165, 1.54) is 0 Å². The van der Waals surface area contributed by atoms with Crippen molar-refractivity contribution >= 4 is 10.8 Å². The summed E-state index contributed by atoms with van der Waals surface area (Å²) in [5.74, 6) is 0.687. The molecule has 3 heteroatoms. The van der Waals surface area contributed by atoms with Crippen molar-refractivity contribution in [1.82, 2.24) is 0 Å². The van der Waals surface area contributed by atoms with Gasteiger partial charge in [0.15, 0.2) is 0 Å². The molecule has 2 aromatic carbocycles. The van der Waals surface area contributed by atoms with Crippen molar-refractivity contribution in [2.75, 3.05) is 5.75 Å². The summed E-state index contributed by atoms with van der Waals surface area (Å²) in [7, 11) is -0.950. The van der Waals surface area contributed by atoms with Crippen LogP contribution in [0.3, 0.4) is 0 Å². The molecule has 0 amide bonds. The van der Waals surface area contributed by atoms with E-state index >= 15 is 0 Å². The van der Waals surface area contributed by atoms with Crippen LogP contribution in [-0.4, -0.2) is 20.3 Å². The third-order valence-electron chi connectivity index (χ3n) is 3.79. The first-order valence-electron chi connectivity index (χ1n) is 6.43. The lowest BCUT2D eigenvalue weighted by molar-refractivity contribution is 0.0710. The number of aliphatic hydroxyl groups is 1. The van der Waals surface area contributed by atoms with Crippen molar-refractivity contribution in [1.29, 1.82) is 0 Å². The van der Waals surface area contributed by atoms with Crippen LogP contribution in [0.25, 0.3) is 0 Å². The fourth-order valence-electron chi connectivity index (χ4n) is 2.65. The molecule has 0 aromatic heterocycles. The van der Waals surface area contributed by atoms with Gasteiger partial charge in [-0.05, 0) is 17.5 Å². The summed E-state index contributed by atoms with van der Waals surface area (Å²) >= 11 is 0. The van der Waals surface area contributed by atoms with Crippen LogP contribution in [0.5, 0.6) is 0 Å². The fourth-order valence-corrected chi connectivity index (χ4v) is 3.97. The standard InChI is InChI=1S/C16H16O2S/c17-16(15-11-12-19(15)18,13-7-3-1-4-8-13)14-9-5-2-6-10-14/h1-10,15,17H,11-12H2/t15-,19?/m0/s1. The second kappa shape index (κ2) is 4.91. The van der Waals surface area contributed by atoms with Gasteiger partial charge in [-0.1, -0.05) is 60.7 Å². The minimum atomic E-state index is -1.15. The monoisotopic (exact) mass is 272 g/mol. The molecule has 2 atom stereocenters. The van der Waals surface area contributed by atoms with Crippen LogP contribution >= 0.6 is 0 Å². The highest BCUT2D eigenvalue weighted by molar-refractivity contribution is 7.87. The normalized spacial score (nSPS) is 22.8. The van der Waals surface area contributed by atoms with Crippen LogP contribution in [0.15, 0.2) is 60.7 Å². The maximum atomic E-state index is 12.0. The van der Waals surface area contributed by atoms with Gasteiger partial charge in [0.2, 0.25) is 0 Å². The summed E-state index contributed by atoms with van der Waals surface area (Å²) in [6, 6.07) is 19.1. The second-order valence-corrected chi connectivity index (χ2v) is 6.60. The van der Waals surface area contributed by atoms with Gasteiger partial charge in [0.1, 0.15) is 5.60 Å². The first kappa shape index (κ1) is 12.6. The van der Waals surface area contributed by atoms with E-state index in [2.05, 4.69) is 0 Å². The maximum Gasteiger partial charge on any atom is 0.129 e. The van der Waals surface area contributed by atoms with E-state index in [-0.39, 0.29) is 5.25 Å². The van der Waals surface area contributed by atoms with Crippen LogP contribution in [0.2, 0.25) is 0 Å². The highest BCUT2D eigenvalue weighted by atomic mass is 32.2. The molecule has 0 radical (unpaired) electrons. The summed E-state index contributed by atoms with van der Waals surface area (Å²) in [6.45, 7) is 0. The summed E-state index contributed by atoms with van der Waals surface area (Å²) < 4.78 is 12.0. The Kier molecular flexibility index (Phi) is 3.25. The van der Waals surface area contributed by atoms with Gasteiger partial charge in [0.25, 0.3) is 0 Å². The number of hydrogen-bond acceptors (Lipinski definition) is 2. The Morgan fingerprint density at radius 1 is 0.947 bits per heavy atom. The van der Waals surface area contributed by atoms with E-state index in [4.69, 9.17) is 0 Å². The molecule has 0 saturated carbocycles. The van der Waals surface area contributed by atoms with E-state index in [0.29, 0.717) is 5.75 Å². The molecule has 1 aliphatic rings. The lowest BCUT2D eigenvalue weighted by Gasteiger charge is -2.41. The second-order valence-electron chi connectivity index (χ2n) is 4.86. The molecule has 98 valence electrons. The largest absolute Gasteiger partial charge is 0.379 e. The van der Waals surface area contributed by atoms with Crippen LogP contribution in [0.1, 0.15) is 17.5 Å². The number of benzene rings is 2. The lowest BCUT2D eigenvalue weighted by atomic mass is 9.82. The zero-order valence-corrected chi connectivity index (χ0v) is 11.3. The molecule has 1 N–H and O–H groups in total. The van der Waals surface area contributed by atoms with Crippen molar-refractivity contribution in [3.05, 3.63) is 71.8 Å². The first-order chi connectivity index (χ1) is 9.23. The van der Waals surface area contributed by atoms with Crippen molar-refractivity contribution < 1.29 is 9.32 Å². The van der Waals surface area contributed by atoms with Gasteiger partial charge in [0, 0.05) is 16.6 Å². The maximum absolute atomic E-state index is 12.0. The topological polar surface area (TPSA) is 37.3 Å². The van der Waals surface area contributed by atoms with E-state index in [1.54, 1.807) is 0 Å². The molecule has 1 unspecified atom stereocenters. The van der Waals surface area contributed by atoms with Crippen molar-refractivity contribution in [3.63, 3.8) is 0 Å². The van der Waals surface area contributed by atoms with Gasteiger partial charge in [-0.15, -0.1) is 0 Å². The molecule has 19 heavy (non-hydrogen) atoms. The lowest BCUT2D eigenvalue weighted by Crippen LogP contribution is -2.50. The molecular formula is C16H16O2S. The van der Waals surface area contributed by atoms with Crippen molar-refractivity contribution in [3.8, 4) is 0 Å². The minimum absolute atomic E-state index is 0.211. The van der Waals surface area contributed by atoms with Crippen LogP contribution < -0.4 is 0 Å². The summed E-state index contributed by atoms with van der Waals surface area (Å²) in [5, 5.41) is 11.0. The van der Waals surface area contributed by atoms with E-state index in [0.717, 1.165) is 17.5 Å². The molecule has 3 rings (SSSR count). The molecule has 0 bridgehead atoms.